The first kappa shape index (κ1) is 14.6. The molecule has 0 aromatic heterocycles. The van der Waals surface area contributed by atoms with Gasteiger partial charge in [0.05, 0.1) is 5.92 Å². The summed E-state index contributed by atoms with van der Waals surface area (Å²) < 4.78 is 5.52. The molecule has 0 radical (unpaired) electrons. The summed E-state index contributed by atoms with van der Waals surface area (Å²) in [6, 6.07) is 12.5. The molecule has 0 saturated carbocycles. The van der Waals surface area contributed by atoms with E-state index in [1.807, 2.05) is 6.07 Å². The third-order valence-corrected chi connectivity index (χ3v) is 3.90. The van der Waals surface area contributed by atoms with E-state index in [4.69, 9.17) is 39.4 Å². The number of nitrogen functional groups attached to an aromatic ring is 1. The van der Waals surface area contributed by atoms with Gasteiger partial charge in [0.2, 0.25) is 5.88 Å². The molecule has 0 amide bonds. The summed E-state index contributed by atoms with van der Waals surface area (Å²) in [6.07, 6.45) is 0. The van der Waals surface area contributed by atoms with Crippen LogP contribution >= 0.6 is 23.2 Å². The molecule has 0 spiro atoms. The molecule has 1 aliphatic rings. The van der Waals surface area contributed by atoms with Crippen LogP contribution in [0.1, 0.15) is 17.0 Å². The van der Waals surface area contributed by atoms with Crippen LogP contribution in [-0.2, 0) is 0 Å². The molecular weight excluding hydrogens is 321 g/mol. The predicted molar refractivity (Wildman–Crippen MR) is 86.6 cm³/mol. The summed E-state index contributed by atoms with van der Waals surface area (Å²) in [6.45, 7) is 0. The fourth-order valence-electron chi connectivity index (χ4n) is 2.56. The Hall–Kier alpha value is -2.35. The molecule has 2 aromatic rings. The lowest BCUT2D eigenvalue weighted by molar-refractivity contribution is 0.394. The molecule has 0 fully saturated rings. The maximum Gasteiger partial charge on any atom is 0.205 e. The number of allylic oxidation sites excluding steroid dienone is 1. The highest BCUT2D eigenvalue weighted by Crippen LogP contribution is 2.43. The van der Waals surface area contributed by atoms with E-state index in [2.05, 4.69) is 6.07 Å². The summed E-state index contributed by atoms with van der Waals surface area (Å²) in [4.78, 5) is 0. The van der Waals surface area contributed by atoms with Crippen molar-refractivity contribution < 1.29 is 4.74 Å². The van der Waals surface area contributed by atoms with Gasteiger partial charge in [-0.3, -0.25) is 0 Å². The Morgan fingerprint density at radius 1 is 1.05 bits per heavy atom. The van der Waals surface area contributed by atoms with Gasteiger partial charge in [0.1, 0.15) is 17.4 Å². The smallest absolute Gasteiger partial charge is 0.205 e. The Morgan fingerprint density at radius 2 is 1.73 bits per heavy atom. The third-order valence-electron chi connectivity index (χ3n) is 3.46. The van der Waals surface area contributed by atoms with Crippen molar-refractivity contribution in [2.45, 2.75) is 5.92 Å². The van der Waals surface area contributed by atoms with Crippen LogP contribution in [0.5, 0.6) is 5.75 Å². The van der Waals surface area contributed by atoms with Crippen LogP contribution in [0.4, 0.5) is 5.69 Å². The van der Waals surface area contributed by atoms with Crippen molar-refractivity contribution in [1.82, 2.24) is 0 Å². The molecule has 1 unspecified atom stereocenters. The molecule has 4 N–H and O–H groups in total. The fraction of sp³-hybridized carbons (Fsp3) is 0.0625. The summed E-state index contributed by atoms with van der Waals surface area (Å²) in [5.74, 6) is 0.185. The van der Waals surface area contributed by atoms with Gasteiger partial charge in [-0.05, 0) is 29.8 Å². The lowest BCUT2D eigenvalue weighted by Crippen LogP contribution is -2.21. The lowest BCUT2D eigenvalue weighted by atomic mass is 9.83. The van der Waals surface area contributed by atoms with E-state index in [9.17, 15) is 5.26 Å². The van der Waals surface area contributed by atoms with Crippen molar-refractivity contribution in [3.05, 3.63) is 69.0 Å². The Morgan fingerprint density at radius 3 is 2.36 bits per heavy atom. The Labute approximate surface area is 137 Å². The number of ether oxygens (including phenoxy) is 1. The zero-order valence-corrected chi connectivity index (χ0v) is 12.8. The number of hydrogen-bond donors (Lipinski definition) is 2. The molecule has 4 nitrogen and oxygen atoms in total. The van der Waals surface area contributed by atoms with E-state index in [-0.39, 0.29) is 5.88 Å². The minimum Gasteiger partial charge on any atom is -0.440 e. The molecule has 0 bridgehead atoms. The highest BCUT2D eigenvalue weighted by atomic mass is 35.5. The second-order valence-corrected chi connectivity index (χ2v) is 5.80. The molecule has 3 rings (SSSR count). The number of benzene rings is 2. The van der Waals surface area contributed by atoms with E-state index in [0.717, 1.165) is 11.1 Å². The molecule has 2 aromatic carbocycles. The van der Waals surface area contributed by atoms with Crippen LogP contribution in [-0.4, -0.2) is 0 Å². The average molecular weight is 332 g/mol. The number of hydrogen-bond acceptors (Lipinski definition) is 4. The molecular formula is C16H11Cl2N3O. The number of nitrogens with two attached hydrogens (primary N) is 2. The van der Waals surface area contributed by atoms with Gasteiger partial charge in [0.15, 0.2) is 0 Å². The molecule has 110 valence electrons. The molecule has 0 saturated heterocycles. The number of nitrogens with zero attached hydrogens (tertiary/aromatic N) is 1. The third kappa shape index (κ3) is 2.45. The Kier molecular flexibility index (Phi) is 3.61. The summed E-state index contributed by atoms with van der Waals surface area (Å²) in [5, 5.41) is 10.4. The largest absolute Gasteiger partial charge is 0.440 e. The Bertz CT molecular complexity index is 820. The predicted octanol–water partition coefficient (Wildman–Crippen LogP) is 3.79. The number of halogens is 2. The van der Waals surface area contributed by atoms with Crippen molar-refractivity contribution in [3.63, 3.8) is 0 Å². The van der Waals surface area contributed by atoms with Crippen molar-refractivity contribution in [2.24, 2.45) is 5.73 Å². The van der Waals surface area contributed by atoms with Gasteiger partial charge in [-0.15, -0.1) is 0 Å². The maximum absolute atomic E-state index is 9.45. The first-order valence-corrected chi connectivity index (χ1v) is 7.18. The summed E-state index contributed by atoms with van der Waals surface area (Å²) in [7, 11) is 0. The lowest BCUT2D eigenvalue weighted by Gasteiger charge is -2.26. The number of rotatable bonds is 1. The molecule has 1 atom stereocenters. The van der Waals surface area contributed by atoms with Crippen molar-refractivity contribution in [3.8, 4) is 11.8 Å². The van der Waals surface area contributed by atoms with Gasteiger partial charge in [-0.2, -0.15) is 5.26 Å². The molecule has 22 heavy (non-hydrogen) atoms. The SMILES string of the molecule is N#CC1=C(N)Oc2cc(N)ccc2C1c1cc(Cl)cc(Cl)c1. The quantitative estimate of drug-likeness (QED) is 0.778. The van der Waals surface area contributed by atoms with Crippen molar-refractivity contribution >= 4 is 28.9 Å². The van der Waals surface area contributed by atoms with E-state index >= 15 is 0 Å². The minimum absolute atomic E-state index is 0.0571. The molecule has 1 aliphatic heterocycles. The number of fused-ring (bicyclic) bond motifs is 1. The topological polar surface area (TPSA) is 85.1 Å². The highest BCUT2D eigenvalue weighted by Gasteiger charge is 2.31. The van der Waals surface area contributed by atoms with Crippen LogP contribution in [0.2, 0.25) is 10.0 Å². The first-order chi connectivity index (χ1) is 10.5. The Balaban J connectivity index is 2.26. The van der Waals surface area contributed by atoms with Crippen LogP contribution in [0.25, 0.3) is 0 Å². The minimum atomic E-state index is -0.398. The van der Waals surface area contributed by atoms with Crippen LogP contribution in [0.3, 0.4) is 0 Å². The summed E-state index contributed by atoms with van der Waals surface area (Å²) >= 11 is 12.2. The van der Waals surface area contributed by atoms with Gasteiger partial charge in [0.25, 0.3) is 0 Å². The maximum atomic E-state index is 9.45. The van der Waals surface area contributed by atoms with E-state index < -0.39 is 5.92 Å². The zero-order valence-electron chi connectivity index (χ0n) is 11.3. The fourth-order valence-corrected chi connectivity index (χ4v) is 3.10. The van der Waals surface area contributed by atoms with Gasteiger partial charge in [0, 0.05) is 27.4 Å². The van der Waals surface area contributed by atoms with Crippen LogP contribution in [0.15, 0.2) is 47.9 Å². The number of nitriles is 1. The average Bonchev–Trinajstić information content (AvgIpc) is 2.44. The van der Waals surface area contributed by atoms with Crippen LogP contribution in [0, 0.1) is 11.3 Å². The number of anilines is 1. The van der Waals surface area contributed by atoms with E-state index in [1.54, 1.807) is 30.3 Å². The molecule has 0 aliphatic carbocycles. The van der Waals surface area contributed by atoms with Crippen LogP contribution < -0.4 is 16.2 Å². The summed E-state index contributed by atoms with van der Waals surface area (Å²) in [5.41, 5.74) is 14.1. The van der Waals surface area contributed by atoms with Gasteiger partial charge in [-0.1, -0.05) is 29.3 Å². The normalized spacial score (nSPS) is 16.7. The van der Waals surface area contributed by atoms with E-state index in [1.165, 1.54) is 0 Å². The van der Waals surface area contributed by atoms with Gasteiger partial charge >= 0.3 is 0 Å². The molecule has 1 heterocycles. The van der Waals surface area contributed by atoms with Gasteiger partial charge in [-0.25, -0.2) is 0 Å². The second-order valence-electron chi connectivity index (χ2n) is 4.92. The monoisotopic (exact) mass is 331 g/mol. The van der Waals surface area contributed by atoms with Crippen molar-refractivity contribution in [2.75, 3.05) is 5.73 Å². The second kappa shape index (κ2) is 5.45. The standard InChI is InChI=1S/C16H11Cl2N3O/c17-9-3-8(4-10(18)5-9)15-12-2-1-11(20)6-14(12)22-16(21)13(15)7-19/h1-6,15H,20-21H2. The van der Waals surface area contributed by atoms with Gasteiger partial charge < -0.3 is 16.2 Å². The molecule has 6 heteroatoms. The van der Waals surface area contributed by atoms with E-state index in [0.29, 0.717) is 27.1 Å². The zero-order chi connectivity index (χ0) is 15.9. The highest BCUT2D eigenvalue weighted by molar-refractivity contribution is 6.34. The van der Waals surface area contributed by atoms with Crippen molar-refractivity contribution in [1.29, 1.82) is 5.26 Å². The first-order valence-electron chi connectivity index (χ1n) is 6.42.